The molecule has 0 aromatic carbocycles. The highest BCUT2D eigenvalue weighted by Gasteiger charge is 2.35. The van der Waals surface area contributed by atoms with Crippen molar-refractivity contribution >= 4 is 27.2 Å². The molecule has 4 heterocycles. The molecule has 29 heavy (non-hydrogen) atoms. The molecule has 0 saturated carbocycles. The van der Waals surface area contributed by atoms with E-state index < -0.39 is 11.9 Å². The van der Waals surface area contributed by atoms with E-state index in [1.165, 1.54) is 22.4 Å². The molecule has 0 bridgehead atoms. The molecule has 1 unspecified atom stereocenters. The lowest BCUT2D eigenvalue weighted by atomic mass is 9.86. The van der Waals surface area contributed by atoms with Crippen molar-refractivity contribution in [1.82, 2.24) is 24.6 Å². The second-order valence-electron chi connectivity index (χ2n) is 7.24. The molecule has 4 aromatic rings. The van der Waals surface area contributed by atoms with Gasteiger partial charge < -0.3 is 4.98 Å². The maximum atomic E-state index is 13.2. The van der Waals surface area contributed by atoms with Gasteiger partial charge in [0.05, 0.1) is 17.1 Å². The van der Waals surface area contributed by atoms with Crippen LogP contribution >= 0.6 is 11.3 Å². The molecule has 5 rings (SSSR count). The van der Waals surface area contributed by atoms with Gasteiger partial charge in [-0.3, -0.25) is 4.79 Å². The number of nitrogens with zero attached hydrogens (tertiary/aromatic N) is 4. The van der Waals surface area contributed by atoms with E-state index in [0.717, 1.165) is 48.0 Å². The van der Waals surface area contributed by atoms with Crippen LogP contribution in [0.25, 0.3) is 27.3 Å². The SMILES string of the molecule is CCC1CCc2c(sc3nc(-c4cnn5c(C(F)(F)F)ccnc45)[nH]c(=O)c23)C1. The molecule has 0 spiro atoms. The summed E-state index contributed by atoms with van der Waals surface area (Å²) in [6, 6.07) is 0.862. The Hall–Kier alpha value is -2.75. The van der Waals surface area contributed by atoms with Gasteiger partial charge in [-0.15, -0.1) is 11.3 Å². The zero-order chi connectivity index (χ0) is 20.3. The summed E-state index contributed by atoms with van der Waals surface area (Å²) >= 11 is 1.50. The highest BCUT2D eigenvalue weighted by atomic mass is 32.1. The normalized spacial score (nSPS) is 17.2. The minimum Gasteiger partial charge on any atom is -0.306 e. The van der Waals surface area contributed by atoms with Crippen molar-refractivity contribution in [3.05, 3.63) is 44.9 Å². The Kier molecular flexibility index (Phi) is 4.02. The van der Waals surface area contributed by atoms with E-state index in [0.29, 0.717) is 16.1 Å². The van der Waals surface area contributed by atoms with Crippen LogP contribution in [0.2, 0.25) is 0 Å². The predicted molar refractivity (Wildman–Crippen MR) is 103 cm³/mol. The zero-order valence-corrected chi connectivity index (χ0v) is 16.2. The molecule has 0 aliphatic heterocycles. The van der Waals surface area contributed by atoms with Crippen LogP contribution in [0.3, 0.4) is 0 Å². The van der Waals surface area contributed by atoms with Crippen molar-refractivity contribution in [3.63, 3.8) is 0 Å². The van der Waals surface area contributed by atoms with Gasteiger partial charge in [0.2, 0.25) is 0 Å². The molecule has 10 heteroatoms. The fourth-order valence-corrected chi connectivity index (χ4v) is 5.34. The fourth-order valence-electron chi connectivity index (χ4n) is 4.00. The van der Waals surface area contributed by atoms with Gasteiger partial charge in [0, 0.05) is 11.1 Å². The van der Waals surface area contributed by atoms with E-state index in [2.05, 4.69) is 27.0 Å². The lowest BCUT2D eigenvalue weighted by molar-refractivity contribution is -0.142. The molecule has 0 radical (unpaired) electrons. The maximum Gasteiger partial charge on any atom is 0.433 e. The molecule has 0 amide bonds. The number of aromatic amines is 1. The van der Waals surface area contributed by atoms with Gasteiger partial charge in [-0.1, -0.05) is 13.3 Å². The maximum absolute atomic E-state index is 13.2. The number of halogens is 3. The number of fused-ring (bicyclic) bond motifs is 4. The molecule has 0 fully saturated rings. The summed E-state index contributed by atoms with van der Waals surface area (Å²) in [4.78, 5) is 25.9. The van der Waals surface area contributed by atoms with Crippen molar-refractivity contribution in [2.45, 2.75) is 38.8 Å². The zero-order valence-electron chi connectivity index (χ0n) is 15.4. The van der Waals surface area contributed by atoms with Crippen molar-refractivity contribution in [2.75, 3.05) is 0 Å². The van der Waals surface area contributed by atoms with Crippen LogP contribution in [0.15, 0.2) is 23.3 Å². The van der Waals surface area contributed by atoms with Gasteiger partial charge >= 0.3 is 6.18 Å². The van der Waals surface area contributed by atoms with Crippen LogP contribution < -0.4 is 5.56 Å². The average molecular weight is 419 g/mol. The Morgan fingerprint density at radius 1 is 1.38 bits per heavy atom. The molecule has 0 saturated heterocycles. The molecule has 1 aliphatic rings. The standard InChI is InChI=1S/C19H16F3N5OS/c1-2-9-3-4-10-12(7-9)29-18-14(10)17(28)25-15(26-18)11-8-24-27-13(19(20,21)22)5-6-23-16(11)27/h5-6,8-9H,2-4,7H2,1H3,(H,25,26,28). The Labute approximate surface area is 166 Å². The van der Waals surface area contributed by atoms with Gasteiger partial charge in [-0.2, -0.15) is 18.3 Å². The first-order valence-electron chi connectivity index (χ1n) is 9.31. The molecule has 150 valence electrons. The van der Waals surface area contributed by atoms with E-state index in [1.807, 2.05) is 0 Å². The molecule has 6 nitrogen and oxygen atoms in total. The Bertz CT molecular complexity index is 1300. The lowest BCUT2D eigenvalue weighted by Crippen LogP contribution is -2.15. The minimum absolute atomic E-state index is 0.00492. The number of aromatic nitrogens is 5. The summed E-state index contributed by atoms with van der Waals surface area (Å²) in [7, 11) is 0. The van der Waals surface area contributed by atoms with Gasteiger partial charge in [0.15, 0.2) is 5.65 Å². The largest absolute Gasteiger partial charge is 0.433 e. The predicted octanol–water partition coefficient (Wildman–Crippen LogP) is 4.23. The number of thiophene rings is 1. The fraction of sp³-hybridized carbons (Fsp3) is 0.368. The van der Waals surface area contributed by atoms with Crippen molar-refractivity contribution < 1.29 is 13.2 Å². The molecule has 1 N–H and O–H groups in total. The van der Waals surface area contributed by atoms with Crippen LogP contribution in [0.4, 0.5) is 13.2 Å². The smallest absolute Gasteiger partial charge is 0.306 e. The third-order valence-electron chi connectivity index (χ3n) is 5.55. The molecular formula is C19H16F3N5OS. The van der Waals surface area contributed by atoms with Crippen LogP contribution in [-0.4, -0.2) is 24.6 Å². The highest BCUT2D eigenvalue weighted by molar-refractivity contribution is 7.18. The average Bonchev–Trinajstić information content (AvgIpc) is 3.27. The topological polar surface area (TPSA) is 75.9 Å². The third kappa shape index (κ3) is 2.85. The van der Waals surface area contributed by atoms with E-state index in [9.17, 15) is 18.0 Å². The number of nitrogens with one attached hydrogen (secondary N) is 1. The quantitative estimate of drug-likeness (QED) is 0.528. The second kappa shape index (κ2) is 6.38. The van der Waals surface area contributed by atoms with Gasteiger partial charge in [-0.25, -0.2) is 14.5 Å². The van der Waals surface area contributed by atoms with Crippen molar-refractivity contribution in [2.24, 2.45) is 5.92 Å². The number of alkyl halides is 3. The highest BCUT2D eigenvalue weighted by Crippen LogP contribution is 2.37. The van der Waals surface area contributed by atoms with E-state index in [4.69, 9.17) is 0 Å². The monoisotopic (exact) mass is 419 g/mol. The minimum atomic E-state index is -4.57. The van der Waals surface area contributed by atoms with Gasteiger partial charge in [-0.05, 0) is 36.8 Å². The summed E-state index contributed by atoms with van der Waals surface area (Å²) in [5.74, 6) is 0.786. The van der Waals surface area contributed by atoms with Gasteiger partial charge in [0.1, 0.15) is 16.3 Å². The Morgan fingerprint density at radius 3 is 2.97 bits per heavy atom. The summed E-state index contributed by atoms with van der Waals surface area (Å²) in [6.07, 6.45) is 1.70. The van der Waals surface area contributed by atoms with E-state index in [-0.39, 0.29) is 22.6 Å². The first kappa shape index (κ1) is 18.3. The first-order chi connectivity index (χ1) is 13.9. The number of aryl methyl sites for hydroxylation is 1. The molecule has 1 aliphatic carbocycles. The Balaban J connectivity index is 1.68. The number of hydrogen-bond donors (Lipinski definition) is 1. The summed E-state index contributed by atoms with van der Waals surface area (Å²) in [5.41, 5.74) is 0.105. The second-order valence-corrected chi connectivity index (χ2v) is 8.32. The molecule has 1 atom stereocenters. The third-order valence-corrected chi connectivity index (χ3v) is 6.69. The van der Waals surface area contributed by atoms with Gasteiger partial charge in [0.25, 0.3) is 5.56 Å². The van der Waals surface area contributed by atoms with E-state index in [1.54, 1.807) is 0 Å². The van der Waals surface area contributed by atoms with Crippen LogP contribution in [0, 0.1) is 5.92 Å². The summed E-state index contributed by atoms with van der Waals surface area (Å²) in [5, 5.41) is 4.43. The van der Waals surface area contributed by atoms with Crippen molar-refractivity contribution in [1.29, 1.82) is 0 Å². The number of rotatable bonds is 2. The summed E-state index contributed by atoms with van der Waals surface area (Å²) in [6.45, 7) is 2.17. The lowest BCUT2D eigenvalue weighted by Gasteiger charge is -2.20. The summed E-state index contributed by atoms with van der Waals surface area (Å²) < 4.78 is 40.4. The Morgan fingerprint density at radius 2 is 2.21 bits per heavy atom. The van der Waals surface area contributed by atoms with Crippen molar-refractivity contribution in [3.8, 4) is 11.4 Å². The number of H-pyrrole nitrogens is 1. The van der Waals surface area contributed by atoms with Crippen LogP contribution in [-0.2, 0) is 19.0 Å². The molecular weight excluding hydrogens is 403 g/mol. The molecule has 4 aromatic heterocycles. The number of hydrogen-bond acceptors (Lipinski definition) is 5. The van der Waals surface area contributed by atoms with Crippen LogP contribution in [0.1, 0.15) is 35.9 Å². The van der Waals surface area contributed by atoms with E-state index >= 15 is 0 Å². The van der Waals surface area contributed by atoms with Crippen LogP contribution in [0.5, 0.6) is 0 Å². The first-order valence-corrected chi connectivity index (χ1v) is 10.1.